The van der Waals surface area contributed by atoms with Gasteiger partial charge in [0, 0.05) is 26.3 Å². The molecule has 8 heteroatoms. The van der Waals surface area contributed by atoms with Gasteiger partial charge in [-0.25, -0.2) is 13.1 Å². The van der Waals surface area contributed by atoms with Crippen molar-refractivity contribution in [3.05, 3.63) is 59.7 Å². The van der Waals surface area contributed by atoms with Gasteiger partial charge >= 0.3 is 0 Å². The molecule has 2 rings (SSSR count). The molecule has 2 N–H and O–H groups in total. The molecule has 0 aromatic heterocycles. The van der Waals surface area contributed by atoms with Gasteiger partial charge in [-0.3, -0.25) is 4.79 Å². The standard InChI is InChI=1S/C18H20N4O3S/c1-22(2)16-9-7-14(8-10-16)12-20-18(23)13-21-26(24,25)17-6-4-3-5-15(17)11-19/h3-10,21H,12-13H2,1-2H3,(H,20,23). The Hall–Kier alpha value is -2.89. The smallest absolute Gasteiger partial charge is 0.242 e. The molecule has 0 fully saturated rings. The van der Waals surface area contributed by atoms with Crippen molar-refractivity contribution in [1.29, 1.82) is 5.26 Å². The summed E-state index contributed by atoms with van der Waals surface area (Å²) in [7, 11) is -0.0594. The minimum absolute atomic E-state index is 0.0291. The van der Waals surface area contributed by atoms with E-state index in [1.54, 1.807) is 6.07 Å². The van der Waals surface area contributed by atoms with E-state index in [9.17, 15) is 13.2 Å². The Balaban J connectivity index is 1.91. The van der Waals surface area contributed by atoms with Gasteiger partial charge < -0.3 is 10.2 Å². The van der Waals surface area contributed by atoms with Crippen molar-refractivity contribution in [3.8, 4) is 6.07 Å². The van der Waals surface area contributed by atoms with Crippen LogP contribution in [0.25, 0.3) is 0 Å². The minimum Gasteiger partial charge on any atom is -0.378 e. The van der Waals surface area contributed by atoms with Gasteiger partial charge in [0.1, 0.15) is 6.07 Å². The lowest BCUT2D eigenvalue weighted by atomic mass is 10.2. The Labute approximate surface area is 153 Å². The summed E-state index contributed by atoms with van der Waals surface area (Å²) >= 11 is 0. The van der Waals surface area contributed by atoms with Gasteiger partial charge in [0.15, 0.2) is 0 Å². The third-order valence-electron chi connectivity index (χ3n) is 3.66. The average Bonchev–Trinajstić information content (AvgIpc) is 2.65. The van der Waals surface area contributed by atoms with Gasteiger partial charge in [-0.2, -0.15) is 5.26 Å². The molecule has 0 spiro atoms. The molecule has 0 bridgehead atoms. The highest BCUT2D eigenvalue weighted by atomic mass is 32.2. The molecular weight excluding hydrogens is 352 g/mol. The highest BCUT2D eigenvalue weighted by Gasteiger charge is 2.18. The first-order chi connectivity index (χ1) is 12.3. The van der Waals surface area contributed by atoms with E-state index in [4.69, 9.17) is 5.26 Å². The summed E-state index contributed by atoms with van der Waals surface area (Å²) in [5.41, 5.74) is 1.98. The minimum atomic E-state index is -3.94. The summed E-state index contributed by atoms with van der Waals surface area (Å²) in [6.07, 6.45) is 0. The van der Waals surface area contributed by atoms with Crippen LogP contribution in [-0.2, 0) is 21.4 Å². The van der Waals surface area contributed by atoms with Crippen LogP contribution >= 0.6 is 0 Å². The molecule has 0 unspecified atom stereocenters. The Morgan fingerprint density at radius 3 is 2.38 bits per heavy atom. The SMILES string of the molecule is CN(C)c1ccc(CNC(=O)CNS(=O)(=O)c2ccccc2C#N)cc1. The van der Waals surface area contributed by atoms with Gasteiger partial charge in [-0.1, -0.05) is 24.3 Å². The molecule has 0 radical (unpaired) electrons. The van der Waals surface area contributed by atoms with Gasteiger partial charge in [-0.15, -0.1) is 0 Å². The normalized spacial score (nSPS) is 10.8. The average molecular weight is 372 g/mol. The van der Waals surface area contributed by atoms with Crippen molar-refractivity contribution in [3.63, 3.8) is 0 Å². The number of carbonyl (C=O) groups excluding carboxylic acids is 1. The maximum atomic E-state index is 12.2. The van der Waals surface area contributed by atoms with Crippen molar-refractivity contribution >= 4 is 21.6 Å². The summed E-state index contributed by atoms with van der Waals surface area (Å²) in [6, 6.07) is 15.3. The number of nitriles is 1. The molecule has 0 aliphatic carbocycles. The number of rotatable bonds is 7. The Bertz CT molecular complexity index is 916. The molecule has 136 valence electrons. The second kappa shape index (κ2) is 8.47. The number of carbonyl (C=O) groups is 1. The lowest BCUT2D eigenvalue weighted by molar-refractivity contribution is -0.120. The van der Waals surface area contributed by atoms with Gasteiger partial charge in [0.2, 0.25) is 15.9 Å². The molecule has 26 heavy (non-hydrogen) atoms. The van der Waals surface area contributed by atoms with Crippen molar-refractivity contribution in [2.24, 2.45) is 0 Å². The fourth-order valence-electron chi connectivity index (χ4n) is 2.21. The second-order valence-corrected chi connectivity index (χ2v) is 7.51. The molecule has 0 heterocycles. The van der Waals surface area contributed by atoms with E-state index >= 15 is 0 Å². The number of sulfonamides is 1. The summed E-state index contributed by atoms with van der Waals surface area (Å²) in [5.74, 6) is -0.459. The van der Waals surface area contributed by atoms with E-state index in [1.165, 1.54) is 18.2 Å². The lowest BCUT2D eigenvalue weighted by Gasteiger charge is -2.13. The van der Waals surface area contributed by atoms with Crippen LogP contribution in [-0.4, -0.2) is 35.0 Å². The van der Waals surface area contributed by atoms with Gasteiger partial charge in [0.05, 0.1) is 17.0 Å². The quantitative estimate of drug-likeness (QED) is 0.761. The first-order valence-corrected chi connectivity index (χ1v) is 9.33. The zero-order valence-electron chi connectivity index (χ0n) is 14.6. The predicted molar refractivity (Wildman–Crippen MR) is 99.0 cm³/mol. The Kier molecular flexibility index (Phi) is 6.33. The van der Waals surface area contributed by atoms with Crippen molar-refractivity contribution in [2.75, 3.05) is 25.5 Å². The summed E-state index contributed by atoms with van der Waals surface area (Å²) < 4.78 is 26.7. The van der Waals surface area contributed by atoms with Crippen molar-refractivity contribution < 1.29 is 13.2 Å². The van der Waals surface area contributed by atoms with Crippen LogP contribution in [0.15, 0.2) is 53.4 Å². The first kappa shape index (κ1) is 19.4. The third-order valence-corrected chi connectivity index (χ3v) is 5.12. The number of hydrogen-bond donors (Lipinski definition) is 2. The molecule has 0 saturated heterocycles. The highest BCUT2D eigenvalue weighted by Crippen LogP contribution is 2.14. The topological polar surface area (TPSA) is 102 Å². The van der Waals surface area contributed by atoms with Gasteiger partial charge in [0.25, 0.3) is 0 Å². The maximum absolute atomic E-state index is 12.2. The van der Waals surface area contributed by atoms with Crippen molar-refractivity contribution in [1.82, 2.24) is 10.0 Å². The first-order valence-electron chi connectivity index (χ1n) is 7.85. The summed E-state index contributed by atoms with van der Waals surface area (Å²) in [6.45, 7) is -0.110. The molecule has 2 aromatic rings. The van der Waals surface area contributed by atoms with Crippen LogP contribution in [0.5, 0.6) is 0 Å². The number of benzene rings is 2. The maximum Gasteiger partial charge on any atom is 0.242 e. The van der Waals surface area contributed by atoms with Crippen molar-refractivity contribution in [2.45, 2.75) is 11.4 Å². The molecule has 0 saturated carbocycles. The molecular formula is C18H20N4O3S. The van der Waals surface area contributed by atoms with Gasteiger partial charge in [-0.05, 0) is 29.8 Å². The zero-order valence-corrected chi connectivity index (χ0v) is 15.4. The largest absolute Gasteiger partial charge is 0.378 e. The number of anilines is 1. The summed E-state index contributed by atoms with van der Waals surface area (Å²) in [5, 5.41) is 11.7. The molecule has 0 aliphatic rings. The monoisotopic (exact) mass is 372 g/mol. The fraction of sp³-hybridized carbons (Fsp3) is 0.222. The fourth-order valence-corrected chi connectivity index (χ4v) is 3.34. The van der Waals surface area contributed by atoms with E-state index in [1.807, 2.05) is 49.3 Å². The predicted octanol–water partition coefficient (Wildman–Crippen LogP) is 1.22. The third kappa shape index (κ3) is 5.05. The number of nitrogens with one attached hydrogen (secondary N) is 2. The van der Waals surface area contributed by atoms with Crippen LogP contribution in [0.4, 0.5) is 5.69 Å². The lowest BCUT2D eigenvalue weighted by Crippen LogP contribution is -2.36. The molecule has 0 aliphatic heterocycles. The number of hydrogen-bond acceptors (Lipinski definition) is 5. The van der Waals surface area contributed by atoms with Crippen LogP contribution < -0.4 is 14.9 Å². The van der Waals surface area contributed by atoms with E-state index in [0.29, 0.717) is 6.54 Å². The highest BCUT2D eigenvalue weighted by molar-refractivity contribution is 7.89. The number of amides is 1. The molecule has 0 atom stereocenters. The van der Waals surface area contributed by atoms with E-state index in [0.717, 1.165) is 11.3 Å². The Morgan fingerprint density at radius 1 is 1.12 bits per heavy atom. The molecule has 2 aromatic carbocycles. The van der Waals surface area contributed by atoms with E-state index < -0.39 is 22.5 Å². The van der Waals surface area contributed by atoms with Crippen LogP contribution in [0, 0.1) is 11.3 Å². The van der Waals surface area contributed by atoms with Crippen LogP contribution in [0.3, 0.4) is 0 Å². The van der Waals surface area contributed by atoms with E-state index in [-0.39, 0.29) is 10.5 Å². The molecule has 1 amide bonds. The summed E-state index contributed by atoms with van der Waals surface area (Å²) in [4.78, 5) is 13.7. The zero-order chi connectivity index (χ0) is 19.2. The van der Waals surface area contributed by atoms with E-state index in [2.05, 4.69) is 10.0 Å². The molecule has 7 nitrogen and oxygen atoms in total. The second-order valence-electron chi connectivity index (χ2n) is 5.77. The number of nitrogens with zero attached hydrogens (tertiary/aromatic N) is 2. The van der Waals surface area contributed by atoms with Crippen LogP contribution in [0.2, 0.25) is 0 Å². The van der Waals surface area contributed by atoms with Crippen LogP contribution in [0.1, 0.15) is 11.1 Å². The Morgan fingerprint density at radius 2 is 1.77 bits per heavy atom.